The van der Waals surface area contributed by atoms with Gasteiger partial charge in [0.05, 0.1) is 12.8 Å². The number of carbonyl (C=O) groups is 1. The number of furan rings is 1. The zero-order chi connectivity index (χ0) is 17.9. The number of benzene rings is 1. The maximum Gasteiger partial charge on any atom is 0.223 e. The number of amides is 1. The molecule has 0 saturated carbocycles. The number of nitrogens with two attached hydrogens (primary N) is 1. The summed E-state index contributed by atoms with van der Waals surface area (Å²) in [6, 6.07) is 13.9. The highest BCUT2D eigenvalue weighted by Crippen LogP contribution is 2.13. The van der Waals surface area contributed by atoms with Gasteiger partial charge >= 0.3 is 0 Å². The molecule has 2 rings (SSSR count). The van der Waals surface area contributed by atoms with E-state index in [0.29, 0.717) is 26.1 Å². The standard InChI is InChI=1S/C21H28N2O2/c1-18(15-19-9-4-2-5-10-19)16-23(17-20-11-8-14-25-20)21(24)12-6-3-7-13-22/h2,4-5,8-11,14-15H,3,6-7,12-13,16-17,22H2,1H3. The fourth-order valence-electron chi connectivity index (χ4n) is 2.76. The second-order valence-corrected chi connectivity index (χ2v) is 6.33. The van der Waals surface area contributed by atoms with Crippen LogP contribution in [0.15, 0.2) is 58.7 Å². The van der Waals surface area contributed by atoms with Gasteiger partial charge in [-0.2, -0.15) is 0 Å². The van der Waals surface area contributed by atoms with Crippen LogP contribution in [0.3, 0.4) is 0 Å². The molecule has 134 valence electrons. The average molecular weight is 340 g/mol. The van der Waals surface area contributed by atoms with Crippen molar-refractivity contribution in [1.29, 1.82) is 0 Å². The quantitative estimate of drug-likeness (QED) is 0.658. The molecule has 25 heavy (non-hydrogen) atoms. The van der Waals surface area contributed by atoms with Crippen molar-refractivity contribution in [1.82, 2.24) is 4.90 Å². The zero-order valence-corrected chi connectivity index (χ0v) is 15.0. The molecule has 0 radical (unpaired) electrons. The zero-order valence-electron chi connectivity index (χ0n) is 15.0. The molecule has 0 saturated heterocycles. The topological polar surface area (TPSA) is 59.5 Å². The van der Waals surface area contributed by atoms with Crippen LogP contribution in [0, 0.1) is 0 Å². The molecule has 0 bridgehead atoms. The molecule has 1 aromatic heterocycles. The van der Waals surface area contributed by atoms with Crippen molar-refractivity contribution in [3.8, 4) is 0 Å². The van der Waals surface area contributed by atoms with Crippen LogP contribution >= 0.6 is 0 Å². The van der Waals surface area contributed by atoms with Crippen LogP contribution < -0.4 is 5.73 Å². The van der Waals surface area contributed by atoms with E-state index < -0.39 is 0 Å². The van der Waals surface area contributed by atoms with Gasteiger partial charge in [-0.1, -0.05) is 48.4 Å². The summed E-state index contributed by atoms with van der Waals surface area (Å²) in [6.45, 7) is 3.85. The van der Waals surface area contributed by atoms with Crippen LogP contribution in [0.5, 0.6) is 0 Å². The van der Waals surface area contributed by atoms with Gasteiger partial charge in [-0.05, 0) is 44.0 Å². The number of nitrogens with zero attached hydrogens (tertiary/aromatic N) is 1. The van der Waals surface area contributed by atoms with Gasteiger partial charge in [0, 0.05) is 13.0 Å². The molecule has 1 amide bonds. The summed E-state index contributed by atoms with van der Waals surface area (Å²) in [6.07, 6.45) is 7.17. The van der Waals surface area contributed by atoms with E-state index in [9.17, 15) is 4.79 Å². The molecule has 0 fully saturated rings. The van der Waals surface area contributed by atoms with Crippen molar-refractivity contribution in [2.24, 2.45) is 5.73 Å². The van der Waals surface area contributed by atoms with Crippen molar-refractivity contribution in [2.75, 3.05) is 13.1 Å². The first-order valence-corrected chi connectivity index (χ1v) is 8.91. The van der Waals surface area contributed by atoms with E-state index in [1.165, 1.54) is 0 Å². The Bertz CT molecular complexity index is 648. The van der Waals surface area contributed by atoms with Crippen LogP contribution in [0.1, 0.15) is 43.9 Å². The van der Waals surface area contributed by atoms with Crippen molar-refractivity contribution >= 4 is 12.0 Å². The smallest absolute Gasteiger partial charge is 0.223 e. The Morgan fingerprint density at radius 3 is 2.60 bits per heavy atom. The second kappa shape index (κ2) is 10.5. The Morgan fingerprint density at radius 2 is 1.92 bits per heavy atom. The van der Waals surface area contributed by atoms with Crippen molar-refractivity contribution in [3.05, 3.63) is 65.6 Å². The van der Waals surface area contributed by atoms with Gasteiger partial charge < -0.3 is 15.1 Å². The number of unbranched alkanes of at least 4 members (excludes halogenated alkanes) is 2. The number of carbonyl (C=O) groups excluding carboxylic acids is 1. The molecular formula is C21H28N2O2. The lowest BCUT2D eigenvalue weighted by Gasteiger charge is -2.22. The second-order valence-electron chi connectivity index (χ2n) is 6.33. The van der Waals surface area contributed by atoms with Crippen molar-refractivity contribution < 1.29 is 9.21 Å². The van der Waals surface area contributed by atoms with E-state index in [1.807, 2.05) is 35.2 Å². The Labute approximate surface area is 150 Å². The largest absolute Gasteiger partial charge is 0.467 e. The third kappa shape index (κ3) is 6.98. The minimum atomic E-state index is 0.161. The molecule has 2 N–H and O–H groups in total. The summed E-state index contributed by atoms with van der Waals surface area (Å²) in [7, 11) is 0. The van der Waals surface area contributed by atoms with Crippen LogP contribution in [0.2, 0.25) is 0 Å². The highest BCUT2D eigenvalue weighted by molar-refractivity contribution is 5.76. The molecule has 0 aliphatic rings. The Morgan fingerprint density at radius 1 is 1.12 bits per heavy atom. The number of hydrogen-bond donors (Lipinski definition) is 1. The minimum absolute atomic E-state index is 0.161. The predicted octanol–water partition coefficient (Wildman–Crippen LogP) is 4.23. The van der Waals surface area contributed by atoms with Gasteiger partial charge in [-0.15, -0.1) is 0 Å². The molecule has 0 atom stereocenters. The molecule has 0 aliphatic carbocycles. The molecule has 1 aromatic carbocycles. The first kappa shape index (κ1) is 19.0. The van der Waals surface area contributed by atoms with Crippen LogP contribution in [0.25, 0.3) is 6.08 Å². The average Bonchev–Trinajstić information content (AvgIpc) is 3.12. The first-order valence-electron chi connectivity index (χ1n) is 8.91. The maximum atomic E-state index is 12.6. The predicted molar refractivity (Wildman–Crippen MR) is 102 cm³/mol. The van der Waals surface area contributed by atoms with Gasteiger partial charge in [-0.25, -0.2) is 0 Å². The number of rotatable bonds is 10. The fourth-order valence-corrected chi connectivity index (χ4v) is 2.76. The normalized spacial score (nSPS) is 11.5. The molecule has 0 spiro atoms. The van der Waals surface area contributed by atoms with Gasteiger partial charge in [0.25, 0.3) is 0 Å². The first-order chi connectivity index (χ1) is 12.2. The van der Waals surface area contributed by atoms with E-state index in [0.717, 1.165) is 36.2 Å². The van der Waals surface area contributed by atoms with E-state index in [2.05, 4.69) is 25.1 Å². The van der Waals surface area contributed by atoms with Crippen molar-refractivity contribution in [2.45, 2.75) is 39.2 Å². The van der Waals surface area contributed by atoms with Gasteiger partial charge in [0.15, 0.2) is 0 Å². The molecule has 1 heterocycles. The summed E-state index contributed by atoms with van der Waals surface area (Å²) in [5.41, 5.74) is 7.81. The molecule has 2 aromatic rings. The maximum absolute atomic E-state index is 12.6. The summed E-state index contributed by atoms with van der Waals surface area (Å²) in [4.78, 5) is 14.5. The van der Waals surface area contributed by atoms with Gasteiger partial charge in [0.1, 0.15) is 5.76 Å². The van der Waals surface area contributed by atoms with Crippen LogP contribution in [-0.4, -0.2) is 23.9 Å². The summed E-state index contributed by atoms with van der Waals surface area (Å²) in [5.74, 6) is 0.969. The molecule has 0 unspecified atom stereocenters. The Balaban J connectivity index is 2.00. The summed E-state index contributed by atoms with van der Waals surface area (Å²) >= 11 is 0. The van der Waals surface area contributed by atoms with E-state index >= 15 is 0 Å². The third-order valence-corrected chi connectivity index (χ3v) is 4.03. The van der Waals surface area contributed by atoms with Crippen LogP contribution in [0.4, 0.5) is 0 Å². The monoisotopic (exact) mass is 340 g/mol. The van der Waals surface area contributed by atoms with E-state index in [1.54, 1.807) is 6.26 Å². The molecular weight excluding hydrogens is 312 g/mol. The summed E-state index contributed by atoms with van der Waals surface area (Å²) < 4.78 is 5.43. The Kier molecular flexibility index (Phi) is 7.99. The van der Waals surface area contributed by atoms with Crippen molar-refractivity contribution in [3.63, 3.8) is 0 Å². The fraction of sp³-hybridized carbons (Fsp3) is 0.381. The Hall–Kier alpha value is -2.33. The van der Waals surface area contributed by atoms with E-state index in [4.69, 9.17) is 10.2 Å². The SMILES string of the molecule is CC(=Cc1ccccc1)CN(Cc1ccco1)C(=O)CCCCCN. The summed E-state index contributed by atoms with van der Waals surface area (Å²) in [5, 5.41) is 0. The third-order valence-electron chi connectivity index (χ3n) is 4.03. The van der Waals surface area contributed by atoms with Crippen LogP contribution in [-0.2, 0) is 11.3 Å². The van der Waals surface area contributed by atoms with Gasteiger partial charge in [-0.3, -0.25) is 4.79 Å². The van der Waals surface area contributed by atoms with E-state index in [-0.39, 0.29) is 5.91 Å². The number of hydrogen-bond acceptors (Lipinski definition) is 3. The minimum Gasteiger partial charge on any atom is -0.467 e. The lowest BCUT2D eigenvalue weighted by atomic mass is 10.1. The highest BCUT2D eigenvalue weighted by Gasteiger charge is 2.15. The lowest BCUT2D eigenvalue weighted by molar-refractivity contribution is -0.131. The molecule has 0 aliphatic heterocycles. The molecule has 4 nitrogen and oxygen atoms in total. The lowest BCUT2D eigenvalue weighted by Crippen LogP contribution is -2.31. The van der Waals surface area contributed by atoms with Gasteiger partial charge in [0.2, 0.25) is 5.91 Å². The highest BCUT2D eigenvalue weighted by atomic mass is 16.3. The molecule has 4 heteroatoms.